The van der Waals surface area contributed by atoms with E-state index in [1.165, 1.54) is 11.8 Å². The molecule has 1 aromatic heterocycles. The van der Waals surface area contributed by atoms with Crippen molar-refractivity contribution in [3.05, 3.63) is 36.1 Å². The van der Waals surface area contributed by atoms with Crippen LogP contribution in [0.5, 0.6) is 0 Å². The van der Waals surface area contributed by atoms with E-state index in [1.807, 2.05) is 18.2 Å². The maximum atomic E-state index is 9.42. The number of benzene rings is 1. The lowest BCUT2D eigenvalue weighted by atomic mass is 10.1. The Kier molecular flexibility index (Phi) is 5.93. The minimum absolute atomic E-state index is 0.265. The van der Waals surface area contributed by atoms with Crippen LogP contribution in [0.3, 0.4) is 0 Å². The van der Waals surface area contributed by atoms with Crippen molar-refractivity contribution in [3.8, 4) is 0 Å². The summed E-state index contributed by atoms with van der Waals surface area (Å²) in [6.45, 7) is 9.97. The van der Waals surface area contributed by atoms with E-state index in [4.69, 9.17) is 4.42 Å². The summed E-state index contributed by atoms with van der Waals surface area (Å²) in [5, 5.41) is 10.6. The topological polar surface area (TPSA) is 39.9 Å². The molecule has 0 aliphatic carbocycles. The Morgan fingerprint density at radius 3 is 2.83 bits per heavy atom. The summed E-state index contributed by atoms with van der Waals surface area (Å²) in [7, 11) is 0. The van der Waals surface area contributed by atoms with E-state index in [2.05, 4.69) is 35.8 Å². The molecule has 0 spiro atoms. The molecule has 1 saturated heterocycles. The van der Waals surface area contributed by atoms with Crippen LogP contribution in [0.25, 0.3) is 11.0 Å². The lowest BCUT2D eigenvalue weighted by Crippen LogP contribution is -2.53. The number of nitrogens with zero attached hydrogens (tertiary/aromatic N) is 2. The summed E-state index contributed by atoms with van der Waals surface area (Å²) < 4.78 is 5.97. The van der Waals surface area contributed by atoms with E-state index in [0.717, 1.165) is 56.4 Å². The quantitative estimate of drug-likeness (QED) is 0.845. The van der Waals surface area contributed by atoms with Gasteiger partial charge < -0.3 is 9.52 Å². The molecule has 1 aliphatic rings. The Labute approximate surface area is 145 Å². The van der Waals surface area contributed by atoms with Gasteiger partial charge >= 0.3 is 0 Å². The Morgan fingerprint density at radius 2 is 2.08 bits per heavy atom. The number of furan rings is 1. The third kappa shape index (κ3) is 4.38. The molecule has 24 heavy (non-hydrogen) atoms. The highest BCUT2D eigenvalue weighted by Gasteiger charge is 2.27. The van der Waals surface area contributed by atoms with Crippen molar-refractivity contribution in [2.75, 3.05) is 32.8 Å². The van der Waals surface area contributed by atoms with Crippen LogP contribution in [0.2, 0.25) is 0 Å². The van der Waals surface area contributed by atoms with Gasteiger partial charge in [-0.3, -0.25) is 9.80 Å². The maximum Gasteiger partial charge on any atom is 0.134 e. The fraction of sp³-hybridized carbons (Fsp3) is 0.600. The molecule has 0 saturated carbocycles. The fourth-order valence-corrected chi connectivity index (χ4v) is 3.58. The van der Waals surface area contributed by atoms with Gasteiger partial charge in [0.15, 0.2) is 0 Å². The number of fused-ring (bicyclic) bond motifs is 1. The van der Waals surface area contributed by atoms with E-state index in [0.29, 0.717) is 6.04 Å². The predicted octanol–water partition coefficient (Wildman–Crippen LogP) is 3.35. The normalized spacial score (nSPS) is 20.2. The first-order chi connectivity index (χ1) is 11.7. The lowest BCUT2D eigenvalue weighted by molar-refractivity contribution is 0.0495. The zero-order chi connectivity index (χ0) is 16.9. The van der Waals surface area contributed by atoms with Gasteiger partial charge in [0.2, 0.25) is 0 Å². The molecule has 1 fully saturated rings. The molecule has 0 unspecified atom stereocenters. The summed E-state index contributed by atoms with van der Waals surface area (Å²) in [4.78, 5) is 5.02. The molecule has 2 heterocycles. The van der Waals surface area contributed by atoms with Gasteiger partial charge in [-0.1, -0.05) is 32.0 Å². The molecule has 1 aromatic carbocycles. The Hall–Kier alpha value is -1.36. The van der Waals surface area contributed by atoms with Crippen molar-refractivity contribution in [2.45, 2.75) is 39.3 Å². The van der Waals surface area contributed by atoms with Gasteiger partial charge in [-0.05, 0) is 37.4 Å². The highest BCUT2D eigenvalue weighted by molar-refractivity contribution is 5.77. The lowest BCUT2D eigenvalue weighted by Gasteiger charge is -2.41. The summed E-state index contributed by atoms with van der Waals surface area (Å²) in [6.07, 6.45) is 2.08. The molecule has 132 valence electrons. The fourth-order valence-electron chi connectivity index (χ4n) is 3.58. The van der Waals surface area contributed by atoms with Crippen molar-refractivity contribution in [3.63, 3.8) is 0 Å². The average Bonchev–Trinajstić information content (AvgIpc) is 2.96. The van der Waals surface area contributed by atoms with Crippen molar-refractivity contribution in [1.82, 2.24) is 9.80 Å². The third-order valence-corrected chi connectivity index (χ3v) is 5.00. The third-order valence-electron chi connectivity index (χ3n) is 5.00. The van der Waals surface area contributed by atoms with Crippen LogP contribution in [0.15, 0.2) is 34.7 Å². The highest BCUT2D eigenvalue weighted by atomic mass is 16.3. The van der Waals surface area contributed by atoms with Crippen LogP contribution in [0.4, 0.5) is 0 Å². The largest absolute Gasteiger partial charge is 0.460 e. The van der Waals surface area contributed by atoms with Gasteiger partial charge in [0.05, 0.1) is 6.54 Å². The molecule has 0 bridgehead atoms. The SMILES string of the molecule is CC(C)CCN1CCN(Cc2cc3ccccc3o2)C[C@H]1CCO. The molecule has 4 heteroatoms. The number of para-hydroxylation sites is 1. The first kappa shape index (κ1) is 17.5. The van der Waals surface area contributed by atoms with Crippen molar-refractivity contribution >= 4 is 11.0 Å². The number of aliphatic hydroxyl groups is 1. The second kappa shape index (κ2) is 8.15. The van der Waals surface area contributed by atoms with Gasteiger partial charge in [0.25, 0.3) is 0 Å². The van der Waals surface area contributed by atoms with E-state index in [9.17, 15) is 5.11 Å². The monoisotopic (exact) mass is 330 g/mol. The van der Waals surface area contributed by atoms with Crippen LogP contribution in [0.1, 0.15) is 32.4 Å². The standard InChI is InChI=1S/C20H30N2O2/c1-16(2)7-9-22-11-10-21(14-18(22)8-12-23)15-19-13-17-5-3-4-6-20(17)24-19/h3-6,13,16,18,23H,7-12,14-15H2,1-2H3/t18-/m1/s1. The van der Waals surface area contributed by atoms with Crippen molar-refractivity contribution in [1.29, 1.82) is 0 Å². The summed E-state index contributed by atoms with van der Waals surface area (Å²) in [5.41, 5.74) is 0.968. The van der Waals surface area contributed by atoms with Crippen LogP contribution in [-0.2, 0) is 6.54 Å². The van der Waals surface area contributed by atoms with Crippen LogP contribution in [-0.4, -0.2) is 53.7 Å². The second-order valence-corrected chi connectivity index (χ2v) is 7.37. The average molecular weight is 330 g/mol. The first-order valence-corrected chi connectivity index (χ1v) is 9.20. The zero-order valence-electron chi connectivity index (χ0n) is 14.9. The minimum atomic E-state index is 0.265. The molecule has 0 amide bonds. The molecular weight excluding hydrogens is 300 g/mol. The zero-order valence-corrected chi connectivity index (χ0v) is 14.9. The predicted molar refractivity (Wildman–Crippen MR) is 98.0 cm³/mol. The number of piperazine rings is 1. The van der Waals surface area contributed by atoms with Crippen LogP contribution >= 0.6 is 0 Å². The Morgan fingerprint density at radius 1 is 1.25 bits per heavy atom. The first-order valence-electron chi connectivity index (χ1n) is 9.20. The van der Waals surface area contributed by atoms with E-state index in [1.54, 1.807) is 0 Å². The number of hydrogen-bond acceptors (Lipinski definition) is 4. The van der Waals surface area contributed by atoms with Gasteiger partial charge in [0.1, 0.15) is 11.3 Å². The van der Waals surface area contributed by atoms with Gasteiger partial charge in [-0.2, -0.15) is 0 Å². The molecule has 0 radical (unpaired) electrons. The van der Waals surface area contributed by atoms with Crippen LogP contribution in [0, 0.1) is 5.92 Å². The van der Waals surface area contributed by atoms with Gasteiger partial charge in [-0.15, -0.1) is 0 Å². The summed E-state index contributed by atoms with van der Waals surface area (Å²) in [6, 6.07) is 10.8. The molecule has 2 aromatic rings. The van der Waals surface area contributed by atoms with E-state index in [-0.39, 0.29) is 6.61 Å². The smallest absolute Gasteiger partial charge is 0.134 e. The van der Waals surface area contributed by atoms with Gasteiger partial charge in [-0.25, -0.2) is 0 Å². The number of hydrogen-bond donors (Lipinski definition) is 1. The molecule has 1 aliphatic heterocycles. The van der Waals surface area contributed by atoms with E-state index >= 15 is 0 Å². The van der Waals surface area contributed by atoms with Gasteiger partial charge in [0, 0.05) is 37.7 Å². The second-order valence-electron chi connectivity index (χ2n) is 7.37. The van der Waals surface area contributed by atoms with E-state index < -0.39 is 0 Å². The Bertz CT molecular complexity index is 604. The summed E-state index contributed by atoms with van der Waals surface area (Å²) >= 11 is 0. The maximum absolute atomic E-state index is 9.42. The Balaban J connectivity index is 1.61. The van der Waals surface area contributed by atoms with Crippen molar-refractivity contribution in [2.24, 2.45) is 5.92 Å². The molecule has 1 N–H and O–H groups in total. The number of aliphatic hydroxyl groups excluding tert-OH is 1. The molecular formula is C20H30N2O2. The molecule has 3 rings (SSSR count). The minimum Gasteiger partial charge on any atom is -0.460 e. The van der Waals surface area contributed by atoms with Crippen molar-refractivity contribution < 1.29 is 9.52 Å². The highest BCUT2D eigenvalue weighted by Crippen LogP contribution is 2.22. The molecule has 4 nitrogen and oxygen atoms in total. The summed E-state index contributed by atoms with van der Waals surface area (Å²) in [5.74, 6) is 1.77. The number of rotatable bonds is 7. The molecule has 1 atom stereocenters. The van der Waals surface area contributed by atoms with Crippen LogP contribution < -0.4 is 0 Å².